The molecule has 9 heterocycles. The minimum absolute atomic E-state index is 0.0102. The molecule has 9 aromatic rings. The maximum Gasteiger partial charge on any atom is 0.319 e. The van der Waals surface area contributed by atoms with Crippen LogP contribution in [0.4, 0.5) is 10.2 Å². The molecule has 88 heavy (non-hydrogen) atoms. The van der Waals surface area contributed by atoms with Crippen LogP contribution in [-0.2, 0) is 32.3 Å². The SMILES string of the molecule is CCn1nccc1-c1ccc([C@H](CO)NC(=O)[C@@H]2C[C@@H](O)CN2C(=O)C(C(C)C)n2cc3c(n2)c(=O)[nH]c2cc(COc4c(-c5c(C)c(F)cc6[nH]ncc56)c(C5CC5)cc5c(N6C[C@@H]7C[C@H]6CN7C(C)=O)nc(OC6CCOCC6)nc45)ccc23)cc1. The van der Waals surface area contributed by atoms with E-state index >= 15 is 4.39 Å². The number of H-pyrrole nitrogens is 2. The van der Waals surface area contributed by atoms with Gasteiger partial charge in [-0.15, -0.1) is 0 Å². The van der Waals surface area contributed by atoms with E-state index in [1.54, 1.807) is 32.4 Å². The van der Waals surface area contributed by atoms with Crippen molar-refractivity contribution in [1.82, 2.24) is 59.8 Å². The Bertz CT molecular complexity index is 4280. The highest BCUT2D eigenvalue weighted by atomic mass is 19.1. The fourth-order valence-electron chi connectivity index (χ4n) is 14.0. The van der Waals surface area contributed by atoms with Crippen LogP contribution in [0.25, 0.3) is 66.0 Å². The third kappa shape index (κ3) is 10.1. The number of hydrogen-bond acceptors (Lipinski definition) is 15. The lowest BCUT2D eigenvalue weighted by atomic mass is 9.88. The number of carbonyl (C=O) groups excluding carboxylic acids is 3. The molecule has 4 aromatic carbocycles. The van der Waals surface area contributed by atoms with E-state index < -0.39 is 54.0 Å². The first kappa shape index (κ1) is 57.0. The van der Waals surface area contributed by atoms with E-state index in [9.17, 15) is 29.4 Å². The summed E-state index contributed by atoms with van der Waals surface area (Å²) in [5, 5.41) is 43.6. The van der Waals surface area contributed by atoms with E-state index in [2.05, 4.69) is 36.6 Å². The number of fused-ring (bicyclic) bond motifs is 7. The van der Waals surface area contributed by atoms with E-state index in [0.717, 1.165) is 46.9 Å². The van der Waals surface area contributed by atoms with Crippen LogP contribution in [0.15, 0.2) is 84.0 Å². The molecule has 1 saturated carbocycles. The number of hydrogen-bond donors (Lipinski definition) is 5. The minimum Gasteiger partial charge on any atom is -0.486 e. The lowest BCUT2D eigenvalue weighted by Gasteiger charge is -2.35. The smallest absolute Gasteiger partial charge is 0.319 e. The van der Waals surface area contributed by atoms with E-state index in [1.807, 2.05) is 78.9 Å². The van der Waals surface area contributed by atoms with E-state index in [-0.39, 0.29) is 67.0 Å². The van der Waals surface area contributed by atoms with Gasteiger partial charge in [-0.3, -0.25) is 33.6 Å². The van der Waals surface area contributed by atoms with Gasteiger partial charge in [-0.05, 0) is 97.0 Å². The maximum absolute atomic E-state index is 16.3. The zero-order valence-corrected chi connectivity index (χ0v) is 49.7. The Labute approximate surface area is 505 Å². The van der Waals surface area contributed by atoms with Crippen molar-refractivity contribution < 1.29 is 43.2 Å². The van der Waals surface area contributed by atoms with E-state index in [0.29, 0.717) is 112 Å². The number of anilines is 1. The molecule has 5 aliphatic rings. The molecule has 5 N–H and O–H groups in total. The van der Waals surface area contributed by atoms with Gasteiger partial charge in [0, 0.05) is 103 Å². The van der Waals surface area contributed by atoms with Crippen molar-refractivity contribution in [3.8, 4) is 34.1 Å². The average Bonchev–Trinajstić information content (AvgIpc) is 1.32. The summed E-state index contributed by atoms with van der Waals surface area (Å²) in [4.78, 5) is 75.1. The summed E-state index contributed by atoms with van der Waals surface area (Å²) in [6.45, 7) is 11.5. The number of likely N-dealkylation sites (tertiary alicyclic amines) is 2. The number of ether oxygens (including phenoxy) is 3. The molecule has 6 atom stereocenters. The fourth-order valence-corrected chi connectivity index (χ4v) is 14.0. The second-order valence-electron chi connectivity index (χ2n) is 24.6. The first-order chi connectivity index (χ1) is 42.6. The number of pyridine rings is 1. The van der Waals surface area contributed by atoms with E-state index in [1.165, 1.54) is 15.6 Å². The van der Waals surface area contributed by atoms with Crippen molar-refractivity contribution in [1.29, 1.82) is 0 Å². The molecule has 23 heteroatoms. The molecule has 22 nitrogen and oxygen atoms in total. The molecule has 456 valence electrons. The number of nitrogens with zero attached hydrogens (tertiary/aromatic N) is 10. The van der Waals surface area contributed by atoms with Gasteiger partial charge < -0.3 is 49.4 Å². The predicted octanol–water partition coefficient (Wildman–Crippen LogP) is 7.53. The monoisotopic (exact) mass is 1200 g/mol. The average molecular weight is 1200 g/mol. The Morgan fingerprint density at radius 1 is 0.886 bits per heavy atom. The lowest BCUT2D eigenvalue weighted by molar-refractivity contribution is -0.142. The van der Waals surface area contributed by atoms with Gasteiger partial charge in [0.05, 0.1) is 61.5 Å². The second-order valence-corrected chi connectivity index (χ2v) is 24.6. The highest BCUT2D eigenvalue weighted by molar-refractivity contribution is 6.07. The van der Waals surface area contributed by atoms with Crippen molar-refractivity contribution in [3.05, 3.63) is 118 Å². The zero-order valence-electron chi connectivity index (χ0n) is 49.7. The summed E-state index contributed by atoms with van der Waals surface area (Å²) in [6, 6.07) is 16.1. The molecule has 0 radical (unpaired) electrons. The molecular formula is C65H70FN13O9. The molecule has 2 bridgehead atoms. The van der Waals surface area contributed by atoms with Gasteiger partial charge in [0.1, 0.15) is 41.9 Å². The van der Waals surface area contributed by atoms with Gasteiger partial charge in [0.15, 0.2) is 11.3 Å². The molecule has 5 fully saturated rings. The number of aromatic amines is 2. The first-order valence-corrected chi connectivity index (χ1v) is 30.6. The Balaban J connectivity index is 0.798. The van der Waals surface area contributed by atoms with Crippen LogP contribution >= 0.6 is 0 Å². The number of aromatic nitrogens is 9. The molecule has 0 spiro atoms. The van der Waals surface area contributed by atoms with Gasteiger partial charge in [0.25, 0.3) is 5.56 Å². The molecule has 1 unspecified atom stereocenters. The number of piperazine rings is 1. The van der Waals surface area contributed by atoms with Crippen LogP contribution in [0.5, 0.6) is 11.8 Å². The van der Waals surface area contributed by atoms with Crippen molar-refractivity contribution >= 4 is 67.2 Å². The molecule has 1 aliphatic carbocycles. The number of rotatable bonds is 17. The maximum atomic E-state index is 16.3. The highest BCUT2D eigenvalue weighted by Crippen LogP contribution is 2.54. The normalized spacial score (nSPS) is 20.4. The Hall–Kier alpha value is -8.80. The number of benzene rings is 4. The highest BCUT2D eigenvalue weighted by Gasteiger charge is 2.47. The van der Waals surface area contributed by atoms with Crippen molar-refractivity contribution in [3.63, 3.8) is 0 Å². The summed E-state index contributed by atoms with van der Waals surface area (Å²) in [6.07, 6.45) is 7.89. The number of amides is 3. The number of nitrogens with one attached hydrogen (secondary N) is 3. The van der Waals surface area contributed by atoms with Crippen LogP contribution in [0.1, 0.15) is 106 Å². The molecule has 14 rings (SSSR count). The fraction of sp³-hybridized carbons (Fsp3) is 0.431. The zero-order chi connectivity index (χ0) is 60.8. The summed E-state index contributed by atoms with van der Waals surface area (Å²) in [7, 11) is 0. The second kappa shape index (κ2) is 22.7. The third-order valence-electron chi connectivity index (χ3n) is 18.6. The van der Waals surface area contributed by atoms with Crippen molar-refractivity contribution in [2.24, 2.45) is 5.92 Å². The number of aliphatic hydroxyl groups is 2. The van der Waals surface area contributed by atoms with Gasteiger partial charge in [-0.25, -0.2) is 4.39 Å². The Morgan fingerprint density at radius 2 is 1.69 bits per heavy atom. The molecule has 4 aliphatic heterocycles. The Kier molecular flexibility index (Phi) is 14.7. The molecule has 5 aromatic heterocycles. The first-order valence-electron chi connectivity index (χ1n) is 30.6. The summed E-state index contributed by atoms with van der Waals surface area (Å²) >= 11 is 0. The van der Waals surface area contributed by atoms with Gasteiger partial charge in [0.2, 0.25) is 17.7 Å². The quantitative estimate of drug-likeness (QED) is 0.0590. The van der Waals surface area contributed by atoms with Crippen LogP contribution in [0.2, 0.25) is 0 Å². The van der Waals surface area contributed by atoms with Crippen LogP contribution < -0.4 is 25.2 Å². The number of β-amino-alcohol motifs (C(OH)–C–C–N with tert-alkyl or cyclic N) is 1. The van der Waals surface area contributed by atoms with Crippen molar-refractivity contribution in [2.75, 3.05) is 44.4 Å². The summed E-state index contributed by atoms with van der Waals surface area (Å²) in [5.41, 5.74) is 7.08. The summed E-state index contributed by atoms with van der Waals surface area (Å²) < 4.78 is 39.2. The van der Waals surface area contributed by atoms with Crippen LogP contribution in [0.3, 0.4) is 0 Å². The standard InChI is InChI=1S/C65H70FN13O9/c1-6-78-53(15-18-68-78)39-12-10-38(11-13-39)52(31-80)70-62(83)54-23-42(82)29-77(54)64(85)59(33(2)3)79-30-48-44-14-7-36(21-50(44)69-63(84)58(48)74-79)32-87-60-56(55-34(4)49(66)25-51-47(55)26-67-73-51)45(37-8-9-37)24-46-57(60)71-65(88-43-16-19-86-20-17-43)72-61(46)76-28-40-22-41(76)27-75(40)35(5)81/h7,10-15,18,21,24-26,30,33,37,40-43,52,54,59,80,82H,6,8-9,16-17,19-20,22-23,27-29,31-32H2,1-5H3,(H,67,73)(H,69,84)(H,70,83)/t40-,41-,42+,52-,54-,59?/m0/s1. The van der Waals surface area contributed by atoms with Crippen LogP contribution in [-0.4, -0.2) is 152 Å². The number of aliphatic hydroxyl groups excluding tert-OH is 2. The molecular weight excluding hydrogens is 1130 g/mol. The van der Waals surface area contributed by atoms with Crippen molar-refractivity contribution in [2.45, 2.75) is 135 Å². The third-order valence-corrected chi connectivity index (χ3v) is 18.6. The lowest BCUT2D eigenvalue weighted by Crippen LogP contribution is -2.50. The largest absolute Gasteiger partial charge is 0.486 e. The number of halogens is 1. The summed E-state index contributed by atoms with van der Waals surface area (Å²) in [5.74, 6) is -0.481. The number of aryl methyl sites for hydroxylation is 1. The van der Waals surface area contributed by atoms with E-state index in [4.69, 9.17) is 29.3 Å². The van der Waals surface area contributed by atoms with Gasteiger partial charge in [-0.2, -0.15) is 25.3 Å². The minimum atomic E-state index is -1.05. The van der Waals surface area contributed by atoms with Gasteiger partial charge >= 0.3 is 6.01 Å². The molecule has 4 saturated heterocycles. The topological polar surface area (TPSA) is 264 Å². The van der Waals surface area contributed by atoms with Gasteiger partial charge in [-0.1, -0.05) is 50.2 Å². The van der Waals surface area contributed by atoms with Crippen LogP contribution in [0, 0.1) is 18.7 Å². The predicted molar refractivity (Wildman–Crippen MR) is 326 cm³/mol. The molecule has 3 amide bonds. The number of carbonyl (C=O) groups is 3. The Morgan fingerprint density at radius 3 is 2.42 bits per heavy atom.